The Morgan fingerprint density at radius 2 is 1.89 bits per heavy atom. The van der Waals surface area contributed by atoms with Gasteiger partial charge in [0.05, 0.1) is 5.69 Å². The summed E-state index contributed by atoms with van der Waals surface area (Å²) in [6.45, 7) is 1.08. The topological polar surface area (TPSA) is 59.6 Å². The van der Waals surface area contributed by atoms with Crippen molar-refractivity contribution in [2.24, 2.45) is 0 Å². The molecule has 2 aliphatic rings. The number of nitrogens with one attached hydrogen (secondary N) is 2. The molecule has 2 amide bonds. The third-order valence-electron chi connectivity index (χ3n) is 2.79. The van der Waals surface area contributed by atoms with Crippen LogP contribution in [0.1, 0.15) is 12.8 Å². The molecular formula is C12H13BrN2O3. The molecule has 5 nitrogen and oxygen atoms in total. The molecule has 18 heavy (non-hydrogen) atoms. The predicted molar refractivity (Wildman–Crippen MR) is 70.3 cm³/mol. The Morgan fingerprint density at radius 1 is 1.22 bits per heavy atom. The standard InChI is InChI=1S/C12H13BrN2O3/c13-8-5-10-11(18-4-3-17-10)6-9(8)15-12(16)14-7-1-2-7/h5-7H,1-4H2,(H2,14,15,16). The van der Waals surface area contributed by atoms with Crippen LogP contribution in [-0.2, 0) is 0 Å². The molecule has 1 heterocycles. The quantitative estimate of drug-likeness (QED) is 0.882. The minimum Gasteiger partial charge on any atom is -0.486 e. The lowest BCUT2D eigenvalue weighted by Gasteiger charge is -2.20. The molecule has 2 N–H and O–H groups in total. The van der Waals surface area contributed by atoms with Crippen LogP contribution < -0.4 is 20.1 Å². The molecule has 96 valence electrons. The van der Waals surface area contributed by atoms with E-state index in [2.05, 4.69) is 26.6 Å². The van der Waals surface area contributed by atoms with Gasteiger partial charge in [0.1, 0.15) is 13.2 Å². The highest BCUT2D eigenvalue weighted by molar-refractivity contribution is 9.10. The molecule has 0 aromatic heterocycles. The van der Waals surface area contributed by atoms with Crippen LogP contribution in [0.25, 0.3) is 0 Å². The predicted octanol–water partition coefficient (Wildman–Crippen LogP) is 2.50. The maximum atomic E-state index is 11.7. The molecule has 0 unspecified atom stereocenters. The Kier molecular flexibility index (Phi) is 3.03. The van der Waals surface area contributed by atoms with Gasteiger partial charge in [0, 0.05) is 22.6 Å². The Labute approximate surface area is 113 Å². The van der Waals surface area contributed by atoms with Gasteiger partial charge in [-0.1, -0.05) is 0 Å². The number of fused-ring (bicyclic) bond motifs is 1. The number of halogens is 1. The van der Waals surface area contributed by atoms with Crippen LogP contribution in [0.3, 0.4) is 0 Å². The second-order valence-corrected chi connectivity index (χ2v) is 5.20. The third kappa shape index (κ3) is 2.53. The number of carbonyl (C=O) groups is 1. The van der Waals surface area contributed by atoms with E-state index >= 15 is 0 Å². The monoisotopic (exact) mass is 312 g/mol. The van der Waals surface area contributed by atoms with Crippen molar-refractivity contribution < 1.29 is 14.3 Å². The van der Waals surface area contributed by atoms with Gasteiger partial charge in [-0.3, -0.25) is 0 Å². The van der Waals surface area contributed by atoms with Crippen LogP contribution in [0.5, 0.6) is 11.5 Å². The van der Waals surface area contributed by atoms with Crippen molar-refractivity contribution in [3.63, 3.8) is 0 Å². The van der Waals surface area contributed by atoms with Crippen molar-refractivity contribution in [3.8, 4) is 11.5 Å². The second-order valence-electron chi connectivity index (χ2n) is 4.35. The smallest absolute Gasteiger partial charge is 0.319 e. The summed E-state index contributed by atoms with van der Waals surface area (Å²) in [4.78, 5) is 11.7. The Hall–Kier alpha value is -1.43. The van der Waals surface area contributed by atoms with Gasteiger partial charge in [0.25, 0.3) is 0 Å². The Morgan fingerprint density at radius 3 is 2.56 bits per heavy atom. The molecule has 0 saturated heterocycles. The first-order valence-corrected chi connectivity index (χ1v) is 6.68. The zero-order chi connectivity index (χ0) is 12.5. The number of carbonyl (C=O) groups excluding carboxylic acids is 1. The average Bonchev–Trinajstić information content (AvgIpc) is 3.14. The van der Waals surface area contributed by atoms with Crippen LogP contribution >= 0.6 is 15.9 Å². The molecule has 1 aliphatic carbocycles. The number of hydrogen-bond acceptors (Lipinski definition) is 3. The van der Waals surface area contributed by atoms with Crippen molar-refractivity contribution in [2.45, 2.75) is 18.9 Å². The summed E-state index contributed by atoms with van der Waals surface area (Å²) in [6.07, 6.45) is 2.13. The van der Waals surface area contributed by atoms with Gasteiger partial charge < -0.3 is 20.1 Å². The van der Waals surface area contributed by atoms with E-state index in [9.17, 15) is 4.79 Å². The fourth-order valence-electron chi connectivity index (χ4n) is 1.73. The van der Waals surface area contributed by atoms with E-state index in [1.807, 2.05) is 0 Å². The minimum absolute atomic E-state index is 0.185. The summed E-state index contributed by atoms with van der Waals surface area (Å²) < 4.78 is 11.7. The first-order chi connectivity index (χ1) is 8.72. The summed E-state index contributed by atoms with van der Waals surface area (Å²) in [5.41, 5.74) is 0.678. The van der Waals surface area contributed by atoms with Gasteiger partial charge in [-0.05, 0) is 28.8 Å². The van der Waals surface area contributed by atoms with E-state index in [1.54, 1.807) is 12.1 Å². The van der Waals surface area contributed by atoms with Gasteiger partial charge in [-0.2, -0.15) is 0 Å². The van der Waals surface area contributed by atoms with E-state index in [-0.39, 0.29) is 6.03 Å². The number of urea groups is 1. The third-order valence-corrected chi connectivity index (χ3v) is 3.45. The van der Waals surface area contributed by atoms with Crippen LogP contribution in [0.15, 0.2) is 16.6 Å². The van der Waals surface area contributed by atoms with Crippen molar-refractivity contribution >= 4 is 27.6 Å². The van der Waals surface area contributed by atoms with Crippen molar-refractivity contribution in [2.75, 3.05) is 18.5 Å². The van der Waals surface area contributed by atoms with Crippen molar-refractivity contribution in [1.82, 2.24) is 5.32 Å². The molecule has 0 bridgehead atoms. The highest BCUT2D eigenvalue weighted by Crippen LogP contribution is 2.38. The molecule has 0 spiro atoms. The fourth-order valence-corrected chi connectivity index (χ4v) is 2.15. The maximum absolute atomic E-state index is 11.7. The number of ether oxygens (including phenoxy) is 2. The van der Waals surface area contributed by atoms with Crippen molar-refractivity contribution in [1.29, 1.82) is 0 Å². The number of benzene rings is 1. The normalized spacial score (nSPS) is 17.2. The lowest BCUT2D eigenvalue weighted by Crippen LogP contribution is -2.30. The summed E-state index contributed by atoms with van der Waals surface area (Å²) in [7, 11) is 0. The fraction of sp³-hybridized carbons (Fsp3) is 0.417. The molecule has 3 rings (SSSR count). The number of anilines is 1. The van der Waals surface area contributed by atoms with Crippen molar-refractivity contribution in [3.05, 3.63) is 16.6 Å². The molecular weight excluding hydrogens is 300 g/mol. The zero-order valence-electron chi connectivity index (χ0n) is 9.66. The van der Waals surface area contributed by atoms with E-state index in [0.717, 1.165) is 17.3 Å². The highest BCUT2D eigenvalue weighted by atomic mass is 79.9. The number of amides is 2. The lowest BCUT2D eigenvalue weighted by molar-refractivity contribution is 0.171. The first kappa shape index (κ1) is 11.6. The van der Waals surface area contributed by atoms with Gasteiger partial charge in [0.15, 0.2) is 11.5 Å². The number of hydrogen-bond donors (Lipinski definition) is 2. The van der Waals surface area contributed by atoms with E-state index < -0.39 is 0 Å². The maximum Gasteiger partial charge on any atom is 0.319 e. The van der Waals surface area contributed by atoms with E-state index in [4.69, 9.17) is 9.47 Å². The van der Waals surface area contributed by atoms with E-state index in [1.165, 1.54) is 0 Å². The number of rotatable bonds is 2. The van der Waals surface area contributed by atoms with Crippen LogP contribution in [0.2, 0.25) is 0 Å². The summed E-state index contributed by atoms with van der Waals surface area (Å²) in [6, 6.07) is 3.72. The van der Waals surface area contributed by atoms with Crippen LogP contribution in [0, 0.1) is 0 Å². The Balaban J connectivity index is 1.76. The second kappa shape index (κ2) is 4.68. The molecule has 1 aliphatic heterocycles. The van der Waals surface area contributed by atoms with Crippen LogP contribution in [-0.4, -0.2) is 25.3 Å². The summed E-state index contributed by atoms with van der Waals surface area (Å²) in [5.74, 6) is 1.35. The SMILES string of the molecule is O=C(Nc1cc2c(cc1Br)OCCO2)NC1CC1. The average molecular weight is 313 g/mol. The molecule has 6 heteroatoms. The van der Waals surface area contributed by atoms with Gasteiger partial charge in [-0.25, -0.2) is 4.79 Å². The van der Waals surface area contributed by atoms with Gasteiger partial charge in [0.2, 0.25) is 0 Å². The van der Waals surface area contributed by atoms with E-state index in [0.29, 0.717) is 36.4 Å². The molecule has 1 aromatic carbocycles. The lowest BCUT2D eigenvalue weighted by atomic mass is 10.2. The molecule has 1 fully saturated rings. The highest BCUT2D eigenvalue weighted by Gasteiger charge is 2.24. The molecule has 1 saturated carbocycles. The zero-order valence-corrected chi connectivity index (χ0v) is 11.2. The Bertz CT molecular complexity index is 488. The summed E-state index contributed by atoms with van der Waals surface area (Å²) in [5, 5.41) is 5.67. The molecule has 0 atom stereocenters. The molecule has 1 aromatic rings. The van der Waals surface area contributed by atoms with Gasteiger partial charge in [-0.15, -0.1) is 0 Å². The van der Waals surface area contributed by atoms with Gasteiger partial charge >= 0.3 is 6.03 Å². The molecule has 0 radical (unpaired) electrons. The largest absolute Gasteiger partial charge is 0.486 e. The first-order valence-electron chi connectivity index (χ1n) is 5.89. The minimum atomic E-state index is -0.185. The summed E-state index contributed by atoms with van der Waals surface area (Å²) >= 11 is 3.41. The van der Waals surface area contributed by atoms with Crippen LogP contribution in [0.4, 0.5) is 10.5 Å².